The summed E-state index contributed by atoms with van der Waals surface area (Å²) in [5.41, 5.74) is 3.66. The Morgan fingerprint density at radius 3 is 2.60 bits per heavy atom. The van der Waals surface area contributed by atoms with Gasteiger partial charge in [-0.15, -0.1) is 0 Å². The molecule has 0 spiro atoms. The van der Waals surface area contributed by atoms with E-state index in [9.17, 15) is 10.0 Å². The molecule has 20 heavy (non-hydrogen) atoms. The van der Waals surface area contributed by atoms with E-state index in [-0.39, 0.29) is 0 Å². The van der Waals surface area contributed by atoms with Crippen molar-refractivity contribution < 1.29 is 10.0 Å². The van der Waals surface area contributed by atoms with Crippen LogP contribution < -0.4 is 5.46 Å². The van der Waals surface area contributed by atoms with Crippen LogP contribution in [0.4, 0.5) is 0 Å². The molecule has 2 aromatic heterocycles. The molecule has 1 aromatic carbocycles. The van der Waals surface area contributed by atoms with Crippen molar-refractivity contribution >= 4 is 23.6 Å². The van der Waals surface area contributed by atoms with Crippen molar-refractivity contribution in [1.82, 2.24) is 9.97 Å². The van der Waals surface area contributed by atoms with Crippen molar-refractivity contribution in [3.8, 4) is 11.3 Å². The summed E-state index contributed by atoms with van der Waals surface area (Å²) < 4.78 is 0. The molecule has 3 aromatic rings. The molecule has 3 rings (SSSR count). The Balaban J connectivity index is 2.30. The van der Waals surface area contributed by atoms with Gasteiger partial charge >= 0.3 is 7.12 Å². The molecule has 98 valence electrons. The average Bonchev–Trinajstić information content (AvgIpc) is 2.46. The predicted molar refractivity (Wildman–Crippen MR) is 79.5 cm³/mol. The molecule has 0 aliphatic carbocycles. The molecule has 5 heteroatoms. The molecule has 4 nitrogen and oxygen atoms in total. The SMILES string of the molecule is Cc1ccccc1-c1cc(B(O)O)c2cccnc2n1. The Bertz CT molecular complexity index is 775. The van der Waals surface area contributed by atoms with E-state index in [1.54, 1.807) is 24.4 Å². The summed E-state index contributed by atoms with van der Waals surface area (Å²) in [6, 6.07) is 13.1. The largest absolute Gasteiger partial charge is 0.489 e. The third-order valence-corrected chi connectivity index (χ3v) is 3.32. The van der Waals surface area contributed by atoms with Gasteiger partial charge in [-0.1, -0.05) is 30.3 Å². The summed E-state index contributed by atoms with van der Waals surface area (Å²) in [5, 5.41) is 19.8. The van der Waals surface area contributed by atoms with Gasteiger partial charge < -0.3 is 10.0 Å². The monoisotopic (exact) mass is 264 g/mol. The summed E-state index contributed by atoms with van der Waals surface area (Å²) in [4.78, 5) is 8.72. The second-order valence-corrected chi connectivity index (χ2v) is 4.66. The van der Waals surface area contributed by atoms with Gasteiger partial charge in [-0.2, -0.15) is 0 Å². The Labute approximate surface area is 116 Å². The zero-order chi connectivity index (χ0) is 14.1. The minimum Gasteiger partial charge on any atom is -0.423 e. The Hall–Kier alpha value is -2.24. The topological polar surface area (TPSA) is 66.2 Å². The van der Waals surface area contributed by atoms with Crippen LogP contribution >= 0.6 is 0 Å². The van der Waals surface area contributed by atoms with E-state index < -0.39 is 7.12 Å². The number of aryl methyl sites for hydroxylation is 1. The van der Waals surface area contributed by atoms with Crippen LogP contribution in [-0.2, 0) is 0 Å². The van der Waals surface area contributed by atoms with E-state index >= 15 is 0 Å². The van der Waals surface area contributed by atoms with Gasteiger partial charge in [0.05, 0.1) is 5.69 Å². The first-order valence-corrected chi connectivity index (χ1v) is 6.34. The normalized spacial score (nSPS) is 10.8. The number of benzene rings is 1. The lowest BCUT2D eigenvalue weighted by atomic mass is 9.77. The predicted octanol–water partition coefficient (Wildman–Crippen LogP) is 1.29. The molecule has 0 fully saturated rings. The molecular weight excluding hydrogens is 251 g/mol. The zero-order valence-electron chi connectivity index (χ0n) is 11.0. The highest BCUT2D eigenvalue weighted by molar-refractivity contribution is 6.62. The van der Waals surface area contributed by atoms with Crippen LogP contribution in [0.5, 0.6) is 0 Å². The van der Waals surface area contributed by atoms with Crippen LogP contribution in [0.15, 0.2) is 48.7 Å². The maximum absolute atomic E-state index is 9.56. The number of fused-ring (bicyclic) bond motifs is 1. The molecule has 0 aliphatic rings. The first-order valence-electron chi connectivity index (χ1n) is 6.34. The fourth-order valence-corrected chi connectivity index (χ4v) is 2.29. The van der Waals surface area contributed by atoms with Gasteiger partial charge in [0, 0.05) is 17.1 Å². The lowest BCUT2D eigenvalue weighted by Crippen LogP contribution is -2.31. The molecule has 0 unspecified atom stereocenters. The highest BCUT2D eigenvalue weighted by atomic mass is 16.4. The molecule has 0 bridgehead atoms. The van der Waals surface area contributed by atoms with Crippen LogP contribution in [0.2, 0.25) is 0 Å². The average molecular weight is 264 g/mol. The number of rotatable bonds is 2. The number of pyridine rings is 2. The second kappa shape index (κ2) is 5.04. The molecule has 0 saturated heterocycles. The molecule has 0 atom stereocenters. The second-order valence-electron chi connectivity index (χ2n) is 4.66. The van der Waals surface area contributed by atoms with E-state index in [0.717, 1.165) is 11.1 Å². The first kappa shape index (κ1) is 12.8. The van der Waals surface area contributed by atoms with Crippen LogP contribution in [0, 0.1) is 6.92 Å². The maximum Gasteiger partial charge on any atom is 0.489 e. The Kier molecular flexibility index (Phi) is 3.22. The van der Waals surface area contributed by atoms with Crippen LogP contribution in [0.1, 0.15) is 5.56 Å². The first-order chi connectivity index (χ1) is 9.66. The van der Waals surface area contributed by atoms with Gasteiger partial charge in [-0.25, -0.2) is 9.97 Å². The maximum atomic E-state index is 9.56. The molecule has 0 saturated carbocycles. The van der Waals surface area contributed by atoms with Crippen LogP contribution in [-0.4, -0.2) is 27.1 Å². The summed E-state index contributed by atoms with van der Waals surface area (Å²) in [6.07, 6.45) is 1.64. The van der Waals surface area contributed by atoms with Crippen molar-refractivity contribution in [3.05, 3.63) is 54.2 Å². The smallest absolute Gasteiger partial charge is 0.423 e. The van der Waals surface area contributed by atoms with E-state index in [4.69, 9.17) is 0 Å². The number of hydrogen-bond acceptors (Lipinski definition) is 4. The standard InChI is InChI=1S/C15H13BN2O2/c1-10-5-2-3-6-11(10)14-9-13(16(19)20)12-7-4-8-17-15(12)18-14/h2-9,19-20H,1H3. The number of hydrogen-bond donors (Lipinski definition) is 2. The fourth-order valence-electron chi connectivity index (χ4n) is 2.29. The minimum absolute atomic E-state index is 0.418. The summed E-state index contributed by atoms with van der Waals surface area (Å²) in [6.45, 7) is 1.99. The van der Waals surface area contributed by atoms with E-state index in [1.807, 2.05) is 31.2 Å². The molecule has 0 radical (unpaired) electrons. The van der Waals surface area contributed by atoms with Crippen molar-refractivity contribution in [2.45, 2.75) is 6.92 Å². The van der Waals surface area contributed by atoms with Gasteiger partial charge in [0.15, 0.2) is 5.65 Å². The third-order valence-electron chi connectivity index (χ3n) is 3.32. The fraction of sp³-hybridized carbons (Fsp3) is 0.0667. The highest BCUT2D eigenvalue weighted by Gasteiger charge is 2.18. The van der Waals surface area contributed by atoms with E-state index in [1.165, 1.54) is 0 Å². The van der Waals surface area contributed by atoms with Gasteiger partial charge in [-0.05, 0) is 30.1 Å². The summed E-state index contributed by atoms with van der Waals surface area (Å²) in [7, 11) is -1.55. The van der Waals surface area contributed by atoms with Gasteiger partial charge in [0.2, 0.25) is 0 Å². The quantitative estimate of drug-likeness (QED) is 0.684. The van der Waals surface area contributed by atoms with E-state index in [2.05, 4.69) is 9.97 Å². The van der Waals surface area contributed by atoms with Gasteiger partial charge in [-0.3, -0.25) is 0 Å². The van der Waals surface area contributed by atoms with Crippen molar-refractivity contribution in [1.29, 1.82) is 0 Å². The number of aromatic nitrogens is 2. The van der Waals surface area contributed by atoms with Gasteiger partial charge in [0.1, 0.15) is 0 Å². The van der Waals surface area contributed by atoms with Crippen molar-refractivity contribution in [2.75, 3.05) is 0 Å². The lowest BCUT2D eigenvalue weighted by Gasteiger charge is -2.10. The minimum atomic E-state index is -1.55. The molecule has 0 amide bonds. The summed E-state index contributed by atoms with van der Waals surface area (Å²) >= 11 is 0. The van der Waals surface area contributed by atoms with Crippen LogP contribution in [0.25, 0.3) is 22.3 Å². The molecule has 2 N–H and O–H groups in total. The van der Waals surface area contributed by atoms with E-state index in [0.29, 0.717) is 22.2 Å². The van der Waals surface area contributed by atoms with Crippen LogP contribution in [0.3, 0.4) is 0 Å². The van der Waals surface area contributed by atoms with Crippen molar-refractivity contribution in [2.24, 2.45) is 0 Å². The summed E-state index contributed by atoms with van der Waals surface area (Å²) in [5.74, 6) is 0. The Morgan fingerprint density at radius 2 is 1.85 bits per heavy atom. The molecule has 0 aliphatic heterocycles. The van der Waals surface area contributed by atoms with Crippen molar-refractivity contribution in [3.63, 3.8) is 0 Å². The van der Waals surface area contributed by atoms with Gasteiger partial charge in [0.25, 0.3) is 0 Å². The molecule has 2 heterocycles. The highest BCUT2D eigenvalue weighted by Crippen LogP contribution is 2.22. The molecular formula is C15H13BN2O2. The Morgan fingerprint density at radius 1 is 1.05 bits per heavy atom. The number of nitrogens with zero attached hydrogens (tertiary/aromatic N) is 2. The zero-order valence-corrected chi connectivity index (χ0v) is 11.0. The lowest BCUT2D eigenvalue weighted by molar-refractivity contribution is 0.426. The third kappa shape index (κ3) is 2.17.